The van der Waals surface area contributed by atoms with E-state index in [1.54, 1.807) is 23.5 Å². The Morgan fingerprint density at radius 1 is 1.29 bits per heavy atom. The lowest BCUT2D eigenvalue weighted by molar-refractivity contribution is 0.631. The summed E-state index contributed by atoms with van der Waals surface area (Å²) in [6.45, 7) is 0.702. The van der Waals surface area contributed by atoms with Crippen molar-refractivity contribution in [2.45, 2.75) is 6.42 Å². The number of nitrogens with two attached hydrogens (primary N) is 1. The molecular formula is C12H12BrFN2S. The van der Waals surface area contributed by atoms with E-state index in [1.165, 1.54) is 10.9 Å². The number of thiophene rings is 1. The Morgan fingerprint density at radius 2 is 2.12 bits per heavy atom. The molecule has 0 aliphatic heterocycles. The Kier molecular flexibility index (Phi) is 4.02. The highest BCUT2D eigenvalue weighted by Crippen LogP contribution is 2.23. The van der Waals surface area contributed by atoms with Crippen LogP contribution in [0.3, 0.4) is 0 Å². The average molecular weight is 315 g/mol. The molecule has 0 bridgehead atoms. The van der Waals surface area contributed by atoms with Gasteiger partial charge in [0.2, 0.25) is 0 Å². The third-order valence-corrected chi connectivity index (χ3v) is 3.99. The summed E-state index contributed by atoms with van der Waals surface area (Å²) in [5.74, 6) is -0.308. The Balaban J connectivity index is 1.90. The maximum Gasteiger partial charge on any atom is 0.148 e. The largest absolute Gasteiger partial charge is 0.399 e. The second-order valence-corrected chi connectivity index (χ2v) is 6.17. The molecule has 1 aromatic carbocycles. The highest BCUT2D eigenvalue weighted by molar-refractivity contribution is 9.11. The smallest absolute Gasteiger partial charge is 0.148 e. The molecule has 2 rings (SSSR count). The zero-order valence-electron chi connectivity index (χ0n) is 9.04. The molecule has 0 aliphatic rings. The summed E-state index contributed by atoms with van der Waals surface area (Å²) < 4.78 is 14.5. The predicted molar refractivity (Wildman–Crippen MR) is 75.0 cm³/mol. The van der Waals surface area contributed by atoms with Crippen molar-refractivity contribution in [2.24, 2.45) is 0 Å². The molecule has 0 unspecified atom stereocenters. The molecule has 0 aliphatic carbocycles. The van der Waals surface area contributed by atoms with E-state index in [4.69, 9.17) is 5.73 Å². The molecule has 17 heavy (non-hydrogen) atoms. The number of hydrogen-bond donors (Lipinski definition) is 2. The van der Waals surface area contributed by atoms with Crippen LogP contribution in [0, 0.1) is 5.82 Å². The summed E-state index contributed by atoms with van der Waals surface area (Å²) in [5, 5.41) is 3.06. The fourth-order valence-electron chi connectivity index (χ4n) is 1.48. The molecule has 0 amide bonds. The summed E-state index contributed by atoms with van der Waals surface area (Å²) in [6.07, 6.45) is 0.875. The number of anilines is 2. The minimum Gasteiger partial charge on any atom is -0.399 e. The van der Waals surface area contributed by atoms with Gasteiger partial charge in [0.25, 0.3) is 0 Å². The van der Waals surface area contributed by atoms with Crippen molar-refractivity contribution >= 4 is 38.6 Å². The number of hydrogen-bond acceptors (Lipinski definition) is 3. The molecule has 1 aromatic heterocycles. The maximum atomic E-state index is 13.4. The second-order valence-electron chi connectivity index (χ2n) is 3.62. The van der Waals surface area contributed by atoms with Gasteiger partial charge in [-0.15, -0.1) is 11.3 Å². The molecule has 0 saturated heterocycles. The lowest BCUT2D eigenvalue weighted by Crippen LogP contribution is -2.05. The van der Waals surface area contributed by atoms with Gasteiger partial charge in [-0.1, -0.05) is 0 Å². The lowest BCUT2D eigenvalue weighted by Gasteiger charge is -2.07. The molecule has 2 aromatic rings. The van der Waals surface area contributed by atoms with Crippen molar-refractivity contribution in [2.75, 3.05) is 17.6 Å². The van der Waals surface area contributed by atoms with Crippen LogP contribution in [0.15, 0.2) is 34.1 Å². The van der Waals surface area contributed by atoms with E-state index in [2.05, 4.69) is 27.3 Å². The van der Waals surface area contributed by atoms with Crippen LogP contribution < -0.4 is 11.1 Å². The molecule has 90 valence electrons. The van der Waals surface area contributed by atoms with Crippen molar-refractivity contribution < 1.29 is 4.39 Å². The third-order valence-electron chi connectivity index (χ3n) is 2.31. The minimum atomic E-state index is -0.308. The quantitative estimate of drug-likeness (QED) is 0.840. The van der Waals surface area contributed by atoms with E-state index >= 15 is 0 Å². The van der Waals surface area contributed by atoms with Crippen LogP contribution >= 0.6 is 27.3 Å². The number of benzene rings is 1. The average Bonchev–Trinajstić information content (AvgIpc) is 2.68. The minimum absolute atomic E-state index is 0.308. The Morgan fingerprint density at radius 3 is 2.76 bits per heavy atom. The molecule has 5 heteroatoms. The topological polar surface area (TPSA) is 38.0 Å². The van der Waals surface area contributed by atoms with Crippen LogP contribution in [-0.2, 0) is 6.42 Å². The fraction of sp³-hybridized carbons (Fsp3) is 0.167. The van der Waals surface area contributed by atoms with Crippen LogP contribution in [0.25, 0.3) is 0 Å². The first-order chi connectivity index (χ1) is 8.15. The molecule has 0 atom stereocenters. The highest BCUT2D eigenvalue weighted by atomic mass is 79.9. The van der Waals surface area contributed by atoms with Crippen LogP contribution in [0.2, 0.25) is 0 Å². The van der Waals surface area contributed by atoms with Gasteiger partial charge in [-0.2, -0.15) is 0 Å². The van der Waals surface area contributed by atoms with E-state index in [0.717, 1.165) is 10.2 Å². The summed E-state index contributed by atoms with van der Waals surface area (Å²) in [6, 6.07) is 8.76. The van der Waals surface area contributed by atoms with Gasteiger partial charge >= 0.3 is 0 Å². The van der Waals surface area contributed by atoms with E-state index in [1.807, 2.05) is 6.07 Å². The van der Waals surface area contributed by atoms with E-state index < -0.39 is 0 Å². The summed E-state index contributed by atoms with van der Waals surface area (Å²) in [4.78, 5) is 1.26. The van der Waals surface area contributed by atoms with Gasteiger partial charge in [0.05, 0.1) is 9.47 Å². The maximum absolute atomic E-state index is 13.4. The highest BCUT2D eigenvalue weighted by Gasteiger charge is 2.02. The van der Waals surface area contributed by atoms with E-state index in [0.29, 0.717) is 17.9 Å². The molecule has 3 N–H and O–H groups in total. The standard InChI is InChI=1S/C12H12BrFN2S/c13-12-4-2-9(17-12)5-6-16-11-3-1-8(15)7-10(11)14/h1-4,7,16H,5-6,15H2. The van der Waals surface area contributed by atoms with Crippen LogP contribution in [-0.4, -0.2) is 6.54 Å². The van der Waals surface area contributed by atoms with Gasteiger partial charge in [0, 0.05) is 17.1 Å². The van der Waals surface area contributed by atoms with Crippen LogP contribution in [0.1, 0.15) is 4.88 Å². The first-order valence-electron chi connectivity index (χ1n) is 5.18. The van der Waals surface area contributed by atoms with Gasteiger partial charge in [-0.05, 0) is 52.7 Å². The number of nitrogens with one attached hydrogen (secondary N) is 1. The SMILES string of the molecule is Nc1ccc(NCCc2ccc(Br)s2)c(F)c1. The van der Waals surface area contributed by atoms with E-state index in [-0.39, 0.29) is 5.82 Å². The molecule has 2 nitrogen and oxygen atoms in total. The van der Waals surface area contributed by atoms with Gasteiger partial charge in [-0.25, -0.2) is 4.39 Å². The van der Waals surface area contributed by atoms with Gasteiger partial charge < -0.3 is 11.1 Å². The van der Waals surface area contributed by atoms with E-state index in [9.17, 15) is 4.39 Å². The van der Waals surface area contributed by atoms with Gasteiger partial charge in [-0.3, -0.25) is 0 Å². The fourth-order valence-corrected chi connectivity index (χ4v) is 2.96. The van der Waals surface area contributed by atoms with Crippen LogP contribution in [0.4, 0.5) is 15.8 Å². The van der Waals surface area contributed by atoms with Crippen molar-refractivity contribution in [3.05, 3.63) is 44.8 Å². The molecule has 0 fully saturated rings. The summed E-state index contributed by atoms with van der Waals surface area (Å²) in [7, 11) is 0. The number of nitrogen functional groups attached to an aromatic ring is 1. The monoisotopic (exact) mass is 314 g/mol. The molecular weight excluding hydrogens is 303 g/mol. The van der Waals surface area contributed by atoms with Gasteiger partial charge in [0.1, 0.15) is 5.82 Å². The summed E-state index contributed by atoms with van der Waals surface area (Å²) >= 11 is 5.11. The van der Waals surface area contributed by atoms with Crippen molar-refractivity contribution in [3.8, 4) is 0 Å². The Hall–Kier alpha value is -1.07. The predicted octanol–water partition coefficient (Wildman–Crippen LogP) is 3.89. The third kappa shape index (κ3) is 3.44. The first-order valence-corrected chi connectivity index (χ1v) is 6.79. The summed E-state index contributed by atoms with van der Waals surface area (Å²) in [5.41, 5.74) is 6.41. The number of rotatable bonds is 4. The molecule has 0 saturated carbocycles. The zero-order valence-corrected chi connectivity index (χ0v) is 11.4. The lowest BCUT2D eigenvalue weighted by atomic mass is 10.2. The zero-order chi connectivity index (χ0) is 12.3. The first kappa shape index (κ1) is 12.4. The van der Waals surface area contributed by atoms with Crippen LogP contribution in [0.5, 0.6) is 0 Å². The Labute approximate surface area is 112 Å². The van der Waals surface area contributed by atoms with Crippen molar-refractivity contribution in [3.63, 3.8) is 0 Å². The normalized spacial score (nSPS) is 10.5. The molecule has 0 spiro atoms. The van der Waals surface area contributed by atoms with Crippen molar-refractivity contribution in [1.82, 2.24) is 0 Å². The van der Waals surface area contributed by atoms with Gasteiger partial charge in [0.15, 0.2) is 0 Å². The molecule has 1 heterocycles. The second kappa shape index (κ2) is 5.51. The number of halogens is 2. The Bertz CT molecular complexity index is 513. The van der Waals surface area contributed by atoms with Crippen molar-refractivity contribution in [1.29, 1.82) is 0 Å². The molecule has 0 radical (unpaired) electrons.